The lowest BCUT2D eigenvalue weighted by molar-refractivity contribution is -0.184. The van der Waals surface area contributed by atoms with Crippen molar-refractivity contribution in [2.45, 2.75) is 30.9 Å². The number of fused-ring (bicyclic) bond motifs is 1. The topological polar surface area (TPSA) is 78.5 Å². The predicted octanol–water partition coefficient (Wildman–Crippen LogP) is 1.33. The highest BCUT2D eigenvalue weighted by atomic mass is 16.5. The fourth-order valence-electron chi connectivity index (χ4n) is 4.28. The van der Waals surface area contributed by atoms with Gasteiger partial charge in [-0.1, -0.05) is 30.3 Å². The smallest absolute Gasteiger partial charge is 0.249 e. The number of nitrogens with one attached hydrogen (secondary N) is 1. The molecule has 1 aromatic heterocycles. The van der Waals surface area contributed by atoms with Crippen LogP contribution < -0.4 is 0 Å². The maximum Gasteiger partial charge on any atom is 0.249 e. The molecule has 1 aromatic carbocycles. The van der Waals surface area contributed by atoms with Gasteiger partial charge in [0, 0.05) is 32.8 Å². The van der Waals surface area contributed by atoms with Gasteiger partial charge in [0.2, 0.25) is 11.8 Å². The van der Waals surface area contributed by atoms with Crippen molar-refractivity contribution in [2.75, 3.05) is 26.7 Å². The fourth-order valence-corrected chi connectivity index (χ4v) is 4.28. The minimum atomic E-state index is -0.516. The Morgan fingerprint density at radius 1 is 1.37 bits per heavy atom. The number of H-pyrrole nitrogens is 1. The molecule has 142 valence electrons. The molecule has 3 heterocycles. The van der Waals surface area contributed by atoms with Gasteiger partial charge in [-0.3, -0.25) is 14.7 Å². The van der Waals surface area contributed by atoms with Crippen LogP contribution in [-0.4, -0.2) is 64.7 Å². The zero-order valence-corrected chi connectivity index (χ0v) is 15.4. The summed E-state index contributed by atoms with van der Waals surface area (Å²) in [5, 5.41) is 6.69. The maximum absolute atomic E-state index is 12.7. The van der Waals surface area contributed by atoms with E-state index in [1.807, 2.05) is 53.4 Å². The summed E-state index contributed by atoms with van der Waals surface area (Å²) in [6.45, 7) is 1.17. The molecule has 2 fully saturated rings. The summed E-state index contributed by atoms with van der Waals surface area (Å²) < 4.78 is 5.95. The van der Waals surface area contributed by atoms with E-state index in [2.05, 4.69) is 10.2 Å². The molecule has 4 rings (SSSR count). The van der Waals surface area contributed by atoms with Crippen LogP contribution in [0.4, 0.5) is 0 Å². The number of hydrogen-bond donors (Lipinski definition) is 1. The van der Waals surface area contributed by atoms with Gasteiger partial charge in [0.25, 0.3) is 0 Å². The standard InChI is InChI=1S/C20H24N4O3/c1-23-19(26)14-27-17-13-24(18(25)8-7-15-11-21-22-12-15)10-9-20(17,23)16-5-3-2-4-6-16/h2-6,11-12,17H,7-10,13-14H2,1H3,(H,21,22)/t17-,20+/m1/s1. The molecule has 2 aliphatic heterocycles. The summed E-state index contributed by atoms with van der Waals surface area (Å²) in [7, 11) is 1.85. The molecule has 2 atom stereocenters. The molecule has 7 nitrogen and oxygen atoms in total. The molecule has 1 N–H and O–H groups in total. The molecule has 2 amide bonds. The van der Waals surface area contributed by atoms with E-state index in [0.717, 1.165) is 11.1 Å². The number of amides is 2. The van der Waals surface area contributed by atoms with Gasteiger partial charge in [0.15, 0.2) is 0 Å². The van der Waals surface area contributed by atoms with Crippen LogP contribution in [0.3, 0.4) is 0 Å². The molecule has 0 unspecified atom stereocenters. The lowest BCUT2D eigenvalue weighted by Gasteiger charge is -2.54. The zero-order valence-electron chi connectivity index (χ0n) is 15.4. The van der Waals surface area contributed by atoms with Crippen molar-refractivity contribution in [3.63, 3.8) is 0 Å². The number of ether oxygens (including phenoxy) is 1. The van der Waals surface area contributed by atoms with E-state index in [1.54, 1.807) is 6.20 Å². The van der Waals surface area contributed by atoms with Gasteiger partial charge in [0.1, 0.15) is 12.7 Å². The second-order valence-electron chi connectivity index (χ2n) is 7.24. The Bertz CT molecular complexity index is 808. The minimum Gasteiger partial charge on any atom is -0.364 e. The highest BCUT2D eigenvalue weighted by molar-refractivity contribution is 5.80. The predicted molar refractivity (Wildman–Crippen MR) is 98.7 cm³/mol. The van der Waals surface area contributed by atoms with E-state index in [-0.39, 0.29) is 24.5 Å². The molecule has 2 saturated heterocycles. The van der Waals surface area contributed by atoms with Gasteiger partial charge in [0.05, 0.1) is 11.7 Å². The van der Waals surface area contributed by atoms with Crippen molar-refractivity contribution in [2.24, 2.45) is 0 Å². The number of aryl methyl sites for hydroxylation is 1. The molecule has 7 heteroatoms. The number of carbonyl (C=O) groups is 2. The molecule has 0 aliphatic carbocycles. The number of hydrogen-bond acceptors (Lipinski definition) is 4. The Balaban J connectivity index is 1.52. The van der Waals surface area contributed by atoms with Crippen molar-refractivity contribution in [3.05, 3.63) is 53.9 Å². The monoisotopic (exact) mass is 368 g/mol. The molecular weight excluding hydrogens is 344 g/mol. The number of likely N-dealkylation sites (tertiary alicyclic amines) is 1. The Morgan fingerprint density at radius 3 is 2.93 bits per heavy atom. The van der Waals surface area contributed by atoms with Crippen LogP contribution in [0.2, 0.25) is 0 Å². The Morgan fingerprint density at radius 2 is 2.19 bits per heavy atom. The molecule has 27 heavy (non-hydrogen) atoms. The van der Waals surface area contributed by atoms with Crippen LogP contribution in [-0.2, 0) is 26.3 Å². The Labute approximate surface area is 158 Å². The first-order valence-corrected chi connectivity index (χ1v) is 9.30. The number of carbonyl (C=O) groups excluding carboxylic acids is 2. The van der Waals surface area contributed by atoms with Crippen LogP contribution in [0.15, 0.2) is 42.7 Å². The van der Waals surface area contributed by atoms with E-state index in [1.165, 1.54) is 0 Å². The number of aromatic amines is 1. The SMILES string of the molecule is CN1C(=O)CO[C@@H]2CN(C(=O)CCc3cn[nH]c3)CC[C@]21c1ccccc1. The van der Waals surface area contributed by atoms with Gasteiger partial charge in [-0.2, -0.15) is 5.10 Å². The number of piperidine rings is 1. The normalized spacial score (nSPS) is 25.4. The molecular formula is C20H24N4O3. The van der Waals surface area contributed by atoms with Crippen LogP contribution in [0.5, 0.6) is 0 Å². The second kappa shape index (κ2) is 7.15. The maximum atomic E-state index is 12.7. The first-order chi connectivity index (χ1) is 13.1. The van der Waals surface area contributed by atoms with Gasteiger partial charge >= 0.3 is 0 Å². The number of benzene rings is 1. The van der Waals surface area contributed by atoms with Gasteiger partial charge in [-0.25, -0.2) is 0 Å². The average molecular weight is 368 g/mol. The number of nitrogens with zero attached hydrogens (tertiary/aromatic N) is 3. The highest BCUT2D eigenvalue weighted by Crippen LogP contribution is 2.42. The summed E-state index contributed by atoms with van der Waals surface area (Å²) in [5.74, 6) is 0.0934. The summed E-state index contributed by atoms with van der Waals surface area (Å²) in [6.07, 6.45) is 5.11. The molecule has 2 aromatic rings. The minimum absolute atomic E-state index is 0.0187. The van der Waals surface area contributed by atoms with Crippen molar-refractivity contribution in [3.8, 4) is 0 Å². The lowest BCUT2D eigenvalue weighted by Crippen LogP contribution is -2.67. The zero-order chi connectivity index (χ0) is 18.9. The van der Waals surface area contributed by atoms with Crippen molar-refractivity contribution < 1.29 is 14.3 Å². The third-order valence-electron chi connectivity index (χ3n) is 5.87. The number of likely N-dealkylation sites (N-methyl/N-ethyl adjacent to an activating group) is 1. The van der Waals surface area contributed by atoms with E-state index in [4.69, 9.17) is 4.74 Å². The summed E-state index contributed by atoms with van der Waals surface area (Å²) in [4.78, 5) is 28.8. The van der Waals surface area contributed by atoms with Crippen LogP contribution >= 0.6 is 0 Å². The van der Waals surface area contributed by atoms with Crippen LogP contribution in [0.25, 0.3) is 0 Å². The molecule has 0 saturated carbocycles. The number of morpholine rings is 1. The first-order valence-electron chi connectivity index (χ1n) is 9.30. The van der Waals surface area contributed by atoms with Crippen LogP contribution in [0, 0.1) is 0 Å². The van der Waals surface area contributed by atoms with E-state index in [9.17, 15) is 9.59 Å². The summed E-state index contributed by atoms with van der Waals surface area (Å²) in [6, 6.07) is 10.0. The van der Waals surface area contributed by atoms with Crippen molar-refractivity contribution >= 4 is 11.8 Å². The molecule has 0 bridgehead atoms. The quantitative estimate of drug-likeness (QED) is 0.883. The van der Waals surface area contributed by atoms with Gasteiger partial charge in [-0.05, 0) is 24.0 Å². The van der Waals surface area contributed by atoms with Crippen molar-refractivity contribution in [1.29, 1.82) is 0 Å². The largest absolute Gasteiger partial charge is 0.364 e. The number of rotatable bonds is 4. The summed E-state index contributed by atoms with van der Waals surface area (Å²) >= 11 is 0. The Kier molecular flexibility index (Phi) is 4.70. The number of aromatic nitrogens is 2. The highest BCUT2D eigenvalue weighted by Gasteiger charge is 2.53. The van der Waals surface area contributed by atoms with Gasteiger partial charge in [-0.15, -0.1) is 0 Å². The second-order valence-corrected chi connectivity index (χ2v) is 7.24. The van der Waals surface area contributed by atoms with E-state index >= 15 is 0 Å². The fraction of sp³-hybridized carbons (Fsp3) is 0.450. The molecule has 0 radical (unpaired) electrons. The third-order valence-corrected chi connectivity index (χ3v) is 5.87. The van der Waals surface area contributed by atoms with E-state index < -0.39 is 5.54 Å². The third kappa shape index (κ3) is 3.12. The molecule has 0 spiro atoms. The first kappa shape index (κ1) is 17.7. The van der Waals surface area contributed by atoms with E-state index in [0.29, 0.717) is 32.4 Å². The molecule has 2 aliphatic rings. The van der Waals surface area contributed by atoms with Crippen molar-refractivity contribution in [1.82, 2.24) is 20.0 Å². The lowest BCUT2D eigenvalue weighted by atomic mass is 9.76. The average Bonchev–Trinajstić information content (AvgIpc) is 3.23. The van der Waals surface area contributed by atoms with Gasteiger partial charge < -0.3 is 14.5 Å². The summed E-state index contributed by atoms with van der Waals surface area (Å²) in [5.41, 5.74) is 1.58. The van der Waals surface area contributed by atoms with Crippen LogP contribution in [0.1, 0.15) is 24.0 Å². The Hall–Kier alpha value is -2.67.